The van der Waals surface area contributed by atoms with Crippen LogP contribution in [0.4, 0.5) is 11.4 Å². The van der Waals surface area contributed by atoms with Gasteiger partial charge in [-0.2, -0.15) is 0 Å². The van der Waals surface area contributed by atoms with Crippen molar-refractivity contribution in [1.82, 2.24) is 4.90 Å². The molecule has 1 rings (SSSR count). The Kier molecular flexibility index (Phi) is 5.07. The summed E-state index contributed by atoms with van der Waals surface area (Å²) in [5, 5.41) is 13.6. The molecule has 1 N–H and O–H groups in total. The zero-order valence-corrected chi connectivity index (χ0v) is 12.5. The van der Waals surface area contributed by atoms with Crippen molar-refractivity contribution in [3.63, 3.8) is 0 Å². The Bertz CT molecular complexity index is 514. The molecule has 0 radical (unpaired) electrons. The van der Waals surface area contributed by atoms with Crippen molar-refractivity contribution in [2.45, 2.75) is 26.8 Å². The lowest BCUT2D eigenvalue weighted by atomic mass is 10.0. The Morgan fingerprint density at radius 2 is 1.95 bits per heavy atom. The van der Waals surface area contributed by atoms with E-state index < -0.39 is 4.92 Å². The molecular formula is C14H21N3O3. The maximum absolute atomic E-state index is 12.4. The molecule has 0 spiro atoms. The topological polar surface area (TPSA) is 75.5 Å². The van der Waals surface area contributed by atoms with E-state index in [4.69, 9.17) is 0 Å². The second-order valence-electron chi connectivity index (χ2n) is 5.14. The van der Waals surface area contributed by atoms with Gasteiger partial charge in [0.15, 0.2) is 0 Å². The molecule has 0 bridgehead atoms. The molecule has 1 aromatic carbocycles. The molecule has 1 atom stereocenters. The van der Waals surface area contributed by atoms with Crippen LogP contribution in [0.25, 0.3) is 0 Å². The van der Waals surface area contributed by atoms with Gasteiger partial charge in [0.25, 0.3) is 11.6 Å². The van der Waals surface area contributed by atoms with Crippen LogP contribution in [0.5, 0.6) is 0 Å². The number of rotatable bonds is 5. The van der Waals surface area contributed by atoms with Crippen LogP contribution in [0, 0.1) is 16.0 Å². The number of nitro groups is 1. The molecule has 6 nitrogen and oxygen atoms in total. The summed E-state index contributed by atoms with van der Waals surface area (Å²) in [6.07, 6.45) is 0. The molecular weight excluding hydrogens is 258 g/mol. The van der Waals surface area contributed by atoms with Gasteiger partial charge in [-0.15, -0.1) is 0 Å². The summed E-state index contributed by atoms with van der Waals surface area (Å²) in [7, 11) is 3.34. The highest BCUT2D eigenvalue weighted by molar-refractivity contribution is 5.96. The number of hydrogen-bond donors (Lipinski definition) is 1. The molecule has 0 saturated heterocycles. The molecule has 0 aliphatic rings. The van der Waals surface area contributed by atoms with E-state index in [-0.39, 0.29) is 17.6 Å². The molecule has 0 heterocycles. The summed E-state index contributed by atoms with van der Waals surface area (Å²) < 4.78 is 0. The van der Waals surface area contributed by atoms with E-state index in [2.05, 4.69) is 5.32 Å². The Hall–Kier alpha value is -2.11. The van der Waals surface area contributed by atoms with Crippen molar-refractivity contribution in [2.75, 3.05) is 19.4 Å². The van der Waals surface area contributed by atoms with Crippen LogP contribution in [0.1, 0.15) is 31.1 Å². The van der Waals surface area contributed by atoms with Crippen molar-refractivity contribution in [3.05, 3.63) is 33.9 Å². The lowest BCUT2D eigenvalue weighted by molar-refractivity contribution is -0.383. The van der Waals surface area contributed by atoms with Gasteiger partial charge >= 0.3 is 0 Å². The summed E-state index contributed by atoms with van der Waals surface area (Å²) in [6.45, 7) is 6.07. The number of nitrogens with one attached hydrogen (secondary N) is 1. The van der Waals surface area contributed by atoms with E-state index in [1.54, 1.807) is 19.0 Å². The van der Waals surface area contributed by atoms with Crippen molar-refractivity contribution in [2.24, 2.45) is 5.92 Å². The molecule has 0 aliphatic carbocycles. The van der Waals surface area contributed by atoms with E-state index in [1.807, 2.05) is 20.8 Å². The fourth-order valence-corrected chi connectivity index (χ4v) is 1.86. The molecule has 1 unspecified atom stereocenters. The Labute approximate surface area is 118 Å². The van der Waals surface area contributed by atoms with Gasteiger partial charge in [0.2, 0.25) is 0 Å². The summed E-state index contributed by atoms with van der Waals surface area (Å²) in [6, 6.07) is 4.46. The van der Waals surface area contributed by atoms with Crippen molar-refractivity contribution in [1.29, 1.82) is 0 Å². The van der Waals surface area contributed by atoms with E-state index in [0.29, 0.717) is 17.2 Å². The highest BCUT2D eigenvalue weighted by Gasteiger charge is 2.22. The number of carbonyl (C=O) groups is 1. The molecule has 1 aromatic rings. The molecule has 6 heteroatoms. The first-order valence-corrected chi connectivity index (χ1v) is 6.53. The van der Waals surface area contributed by atoms with Crippen LogP contribution >= 0.6 is 0 Å². The van der Waals surface area contributed by atoms with E-state index >= 15 is 0 Å². The maximum Gasteiger partial charge on any atom is 0.292 e. The summed E-state index contributed by atoms with van der Waals surface area (Å²) in [4.78, 5) is 24.4. The van der Waals surface area contributed by atoms with E-state index in [9.17, 15) is 14.9 Å². The first kappa shape index (κ1) is 15.9. The third-order valence-corrected chi connectivity index (χ3v) is 3.61. The molecule has 0 saturated carbocycles. The SMILES string of the molecule is CNc1cc(C(=O)N(C)C(C)C(C)C)ccc1[N+](=O)[O-]. The maximum atomic E-state index is 12.4. The first-order chi connectivity index (χ1) is 9.29. The molecule has 1 amide bonds. The highest BCUT2D eigenvalue weighted by Crippen LogP contribution is 2.26. The summed E-state index contributed by atoms with van der Waals surface area (Å²) >= 11 is 0. The van der Waals surface area contributed by atoms with Crippen LogP contribution in [-0.2, 0) is 0 Å². The van der Waals surface area contributed by atoms with Crippen LogP contribution in [0.15, 0.2) is 18.2 Å². The van der Waals surface area contributed by atoms with Crippen molar-refractivity contribution < 1.29 is 9.72 Å². The third kappa shape index (κ3) is 3.26. The third-order valence-electron chi connectivity index (χ3n) is 3.61. The normalized spacial score (nSPS) is 12.1. The average molecular weight is 279 g/mol. The smallest absolute Gasteiger partial charge is 0.292 e. The quantitative estimate of drug-likeness (QED) is 0.664. The van der Waals surface area contributed by atoms with Gasteiger partial charge in [0.05, 0.1) is 4.92 Å². The van der Waals surface area contributed by atoms with Gasteiger partial charge in [-0.3, -0.25) is 14.9 Å². The second-order valence-corrected chi connectivity index (χ2v) is 5.14. The number of anilines is 1. The second kappa shape index (κ2) is 6.36. The van der Waals surface area contributed by atoms with Gasteiger partial charge in [0.1, 0.15) is 5.69 Å². The zero-order chi connectivity index (χ0) is 15.4. The number of benzene rings is 1. The summed E-state index contributed by atoms with van der Waals surface area (Å²) in [5.41, 5.74) is 0.741. The zero-order valence-electron chi connectivity index (χ0n) is 12.5. The van der Waals surface area contributed by atoms with E-state index in [1.165, 1.54) is 18.2 Å². The number of carbonyl (C=O) groups excluding carboxylic acids is 1. The predicted octanol–water partition coefficient (Wildman–Crippen LogP) is 2.75. The van der Waals surface area contributed by atoms with Crippen LogP contribution in [0.2, 0.25) is 0 Å². The highest BCUT2D eigenvalue weighted by atomic mass is 16.6. The lowest BCUT2D eigenvalue weighted by Gasteiger charge is -2.28. The standard InChI is InChI=1S/C14H21N3O3/c1-9(2)10(3)16(5)14(18)11-6-7-13(17(19)20)12(8-11)15-4/h6-10,15H,1-5H3. The number of hydrogen-bond acceptors (Lipinski definition) is 4. The Morgan fingerprint density at radius 3 is 2.40 bits per heavy atom. The van der Waals surface area contributed by atoms with E-state index in [0.717, 1.165) is 0 Å². The fraction of sp³-hybridized carbons (Fsp3) is 0.500. The number of amides is 1. The number of nitro benzene ring substituents is 1. The Balaban J connectivity index is 3.09. The molecule has 0 fully saturated rings. The first-order valence-electron chi connectivity index (χ1n) is 6.53. The monoisotopic (exact) mass is 279 g/mol. The fourth-order valence-electron chi connectivity index (χ4n) is 1.86. The van der Waals surface area contributed by atoms with Gasteiger partial charge in [0, 0.05) is 31.8 Å². The van der Waals surface area contributed by atoms with Crippen LogP contribution in [0.3, 0.4) is 0 Å². The molecule has 0 aromatic heterocycles. The summed E-state index contributed by atoms with van der Waals surface area (Å²) in [5.74, 6) is 0.198. The predicted molar refractivity (Wildman–Crippen MR) is 79.0 cm³/mol. The molecule has 110 valence electrons. The minimum Gasteiger partial charge on any atom is -0.383 e. The van der Waals surface area contributed by atoms with Crippen molar-refractivity contribution >= 4 is 17.3 Å². The van der Waals surface area contributed by atoms with Crippen LogP contribution in [-0.4, -0.2) is 35.9 Å². The molecule has 20 heavy (non-hydrogen) atoms. The van der Waals surface area contributed by atoms with Gasteiger partial charge < -0.3 is 10.2 Å². The minimum atomic E-state index is -0.472. The van der Waals surface area contributed by atoms with Gasteiger partial charge in [-0.1, -0.05) is 13.8 Å². The Morgan fingerprint density at radius 1 is 1.35 bits per heavy atom. The molecule has 0 aliphatic heterocycles. The van der Waals surface area contributed by atoms with Gasteiger partial charge in [-0.25, -0.2) is 0 Å². The van der Waals surface area contributed by atoms with Gasteiger partial charge in [-0.05, 0) is 25.0 Å². The average Bonchev–Trinajstić information content (AvgIpc) is 2.43. The minimum absolute atomic E-state index is 0.0383. The number of nitrogens with zero attached hydrogens (tertiary/aromatic N) is 2. The largest absolute Gasteiger partial charge is 0.383 e. The lowest BCUT2D eigenvalue weighted by Crippen LogP contribution is -2.38. The van der Waals surface area contributed by atoms with Crippen molar-refractivity contribution in [3.8, 4) is 0 Å². The van der Waals surface area contributed by atoms with Crippen LogP contribution < -0.4 is 5.32 Å².